The van der Waals surface area contributed by atoms with Crippen LogP contribution in [0, 0.1) is 0 Å². The summed E-state index contributed by atoms with van der Waals surface area (Å²) in [7, 11) is 1.67. The summed E-state index contributed by atoms with van der Waals surface area (Å²) in [4.78, 5) is 12.6. The number of thiocarbonyl (C=S) groups is 1. The van der Waals surface area contributed by atoms with Gasteiger partial charge in [0, 0.05) is 19.3 Å². The van der Waals surface area contributed by atoms with E-state index in [1.807, 2.05) is 6.07 Å². The lowest BCUT2D eigenvalue weighted by Gasteiger charge is -2.08. The number of unbranched alkanes of at least 4 members (excludes halogenated alkanes) is 1. The topological polar surface area (TPSA) is 70.8 Å². The highest BCUT2D eigenvalue weighted by Gasteiger charge is 2.10. The third-order valence-electron chi connectivity index (χ3n) is 3.43. The second-order valence-corrected chi connectivity index (χ2v) is 5.79. The molecule has 2 N–H and O–H groups in total. The van der Waals surface area contributed by atoms with Crippen LogP contribution in [0.2, 0.25) is 0 Å². The molecule has 0 aliphatic rings. The lowest BCUT2D eigenvalue weighted by atomic mass is 10.2. The van der Waals surface area contributed by atoms with E-state index < -0.39 is 5.97 Å². The van der Waals surface area contributed by atoms with Gasteiger partial charge in [0.1, 0.15) is 16.5 Å². The molecular formula is C19H21NO4S. The molecule has 0 aliphatic heterocycles. The van der Waals surface area contributed by atoms with Crippen LogP contribution < -0.4 is 15.2 Å². The van der Waals surface area contributed by atoms with Gasteiger partial charge < -0.3 is 19.9 Å². The number of esters is 1. The number of benzene rings is 2. The van der Waals surface area contributed by atoms with Crippen LogP contribution >= 0.6 is 12.2 Å². The average Bonchev–Trinajstić information content (AvgIpc) is 2.62. The van der Waals surface area contributed by atoms with E-state index in [1.54, 1.807) is 49.6 Å². The molecule has 0 saturated carbocycles. The molecule has 0 saturated heterocycles. The molecule has 0 unspecified atom stereocenters. The molecule has 0 fully saturated rings. The Morgan fingerprint density at radius 2 is 1.72 bits per heavy atom. The van der Waals surface area contributed by atoms with Crippen molar-refractivity contribution in [3.8, 4) is 11.5 Å². The van der Waals surface area contributed by atoms with Crippen LogP contribution in [0.3, 0.4) is 0 Å². The highest BCUT2D eigenvalue weighted by atomic mass is 32.1. The smallest absolute Gasteiger partial charge is 0.343 e. The summed E-state index contributed by atoms with van der Waals surface area (Å²) in [5.74, 6) is 0.611. The first-order valence-corrected chi connectivity index (χ1v) is 8.35. The Morgan fingerprint density at radius 1 is 1.00 bits per heavy atom. The van der Waals surface area contributed by atoms with E-state index in [9.17, 15) is 4.79 Å². The van der Waals surface area contributed by atoms with Crippen molar-refractivity contribution in [2.24, 2.45) is 5.73 Å². The Kier molecular flexibility index (Phi) is 7.37. The Hall–Kier alpha value is -2.44. The van der Waals surface area contributed by atoms with E-state index in [0.717, 1.165) is 18.4 Å². The zero-order valence-corrected chi connectivity index (χ0v) is 14.9. The largest absolute Gasteiger partial charge is 0.494 e. The summed E-state index contributed by atoms with van der Waals surface area (Å²) in [6.07, 6.45) is 1.82. The van der Waals surface area contributed by atoms with Crippen LogP contribution in [0.5, 0.6) is 11.5 Å². The normalized spacial score (nSPS) is 10.3. The maximum Gasteiger partial charge on any atom is 0.343 e. The van der Waals surface area contributed by atoms with E-state index >= 15 is 0 Å². The zero-order valence-electron chi connectivity index (χ0n) is 14.1. The number of methoxy groups -OCH3 is 1. The molecule has 132 valence electrons. The standard InChI is InChI=1S/C19H21NO4S/c1-22-11-2-3-12-23-17-6-4-5-15(13-17)19(21)24-16-9-7-14(8-10-16)18(20)25/h4-10,13H,2-3,11-12H2,1H3,(H2,20,25). The van der Waals surface area contributed by atoms with Crippen molar-refractivity contribution in [2.45, 2.75) is 12.8 Å². The van der Waals surface area contributed by atoms with E-state index in [2.05, 4.69) is 0 Å². The lowest BCUT2D eigenvalue weighted by molar-refractivity contribution is 0.0734. The van der Waals surface area contributed by atoms with Gasteiger partial charge in [0.2, 0.25) is 0 Å². The molecule has 0 aromatic heterocycles. The predicted octanol–water partition coefficient (Wildman–Crippen LogP) is 3.35. The fourth-order valence-electron chi connectivity index (χ4n) is 2.10. The maximum absolute atomic E-state index is 12.3. The van der Waals surface area contributed by atoms with Crippen molar-refractivity contribution in [3.05, 3.63) is 59.7 Å². The van der Waals surface area contributed by atoms with E-state index in [4.69, 9.17) is 32.2 Å². The molecule has 2 rings (SSSR count). The van der Waals surface area contributed by atoms with Gasteiger partial charge in [-0.1, -0.05) is 18.3 Å². The molecule has 2 aromatic rings. The van der Waals surface area contributed by atoms with Gasteiger partial charge in [-0.3, -0.25) is 0 Å². The van der Waals surface area contributed by atoms with Crippen LogP contribution in [-0.2, 0) is 4.74 Å². The number of hydrogen-bond acceptors (Lipinski definition) is 5. The van der Waals surface area contributed by atoms with Gasteiger partial charge in [0.25, 0.3) is 0 Å². The molecule has 0 bridgehead atoms. The molecule has 0 radical (unpaired) electrons. The van der Waals surface area contributed by atoms with Crippen molar-refractivity contribution in [2.75, 3.05) is 20.3 Å². The molecule has 6 heteroatoms. The monoisotopic (exact) mass is 359 g/mol. The summed E-state index contributed by atoms with van der Waals surface area (Å²) < 4.78 is 16.0. The zero-order chi connectivity index (χ0) is 18.1. The summed E-state index contributed by atoms with van der Waals surface area (Å²) in [5, 5.41) is 0. The Balaban J connectivity index is 1.92. The van der Waals surface area contributed by atoms with Gasteiger partial charge in [-0.25, -0.2) is 4.79 Å². The molecule has 0 aliphatic carbocycles. The van der Waals surface area contributed by atoms with Crippen molar-refractivity contribution in [1.82, 2.24) is 0 Å². The highest BCUT2D eigenvalue weighted by molar-refractivity contribution is 7.80. The van der Waals surface area contributed by atoms with Crippen molar-refractivity contribution >= 4 is 23.2 Å². The second-order valence-electron chi connectivity index (χ2n) is 5.35. The SMILES string of the molecule is COCCCCOc1cccc(C(=O)Oc2ccc(C(N)=S)cc2)c1. The first kappa shape index (κ1) is 18.9. The number of ether oxygens (including phenoxy) is 3. The maximum atomic E-state index is 12.3. The Bertz CT molecular complexity index is 716. The minimum atomic E-state index is -0.451. The quantitative estimate of drug-likeness (QED) is 0.320. The fourth-order valence-corrected chi connectivity index (χ4v) is 2.24. The van der Waals surface area contributed by atoms with Gasteiger partial charge in [0.15, 0.2) is 0 Å². The van der Waals surface area contributed by atoms with E-state index in [1.165, 1.54) is 0 Å². The summed E-state index contributed by atoms with van der Waals surface area (Å²) in [6, 6.07) is 13.7. The minimum absolute atomic E-state index is 0.299. The van der Waals surface area contributed by atoms with E-state index in [0.29, 0.717) is 35.3 Å². The molecule has 0 spiro atoms. The molecule has 0 atom stereocenters. The molecule has 25 heavy (non-hydrogen) atoms. The lowest BCUT2D eigenvalue weighted by Crippen LogP contribution is -2.11. The predicted molar refractivity (Wildman–Crippen MR) is 100 cm³/mol. The van der Waals surface area contributed by atoms with Gasteiger partial charge in [-0.2, -0.15) is 0 Å². The first-order valence-electron chi connectivity index (χ1n) is 7.94. The van der Waals surface area contributed by atoms with Crippen LogP contribution in [0.25, 0.3) is 0 Å². The van der Waals surface area contributed by atoms with Crippen molar-refractivity contribution in [3.63, 3.8) is 0 Å². The number of rotatable bonds is 9. The van der Waals surface area contributed by atoms with Gasteiger partial charge in [-0.05, 0) is 55.3 Å². The average molecular weight is 359 g/mol. The molecule has 5 nitrogen and oxygen atoms in total. The minimum Gasteiger partial charge on any atom is -0.494 e. The highest BCUT2D eigenvalue weighted by Crippen LogP contribution is 2.18. The Morgan fingerprint density at radius 3 is 2.40 bits per heavy atom. The molecule has 2 aromatic carbocycles. The van der Waals surface area contributed by atoms with Crippen molar-refractivity contribution in [1.29, 1.82) is 0 Å². The first-order chi connectivity index (χ1) is 12.1. The summed E-state index contributed by atoms with van der Waals surface area (Å²) in [5.41, 5.74) is 6.69. The number of hydrogen-bond donors (Lipinski definition) is 1. The number of carbonyl (C=O) groups excluding carboxylic acids is 1. The van der Waals surface area contributed by atoms with E-state index in [-0.39, 0.29) is 0 Å². The van der Waals surface area contributed by atoms with Crippen molar-refractivity contribution < 1.29 is 19.0 Å². The number of nitrogens with two attached hydrogens (primary N) is 1. The molecule has 0 heterocycles. The van der Waals surface area contributed by atoms with Crippen LogP contribution in [0.1, 0.15) is 28.8 Å². The molecule has 0 amide bonds. The molecular weight excluding hydrogens is 338 g/mol. The van der Waals surface area contributed by atoms with Crippen LogP contribution in [0.15, 0.2) is 48.5 Å². The van der Waals surface area contributed by atoms with Crippen LogP contribution in [0.4, 0.5) is 0 Å². The van der Waals surface area contributed by atoms with Crippen LogP contribution in [-0.4, -0.2) is 31.3 Å². The fraction of sp³-hybridized carbons (Fsp3) is 0.263. The summed E-state index contributed by atoms with van der Waals surface area (Å²) >= 11 is 4.89. The number of carbonyl (C=O) groups is 1. The van der Waals surface area contributed by atoms with Gasteiger partial charge in [0.05, 0.1) is 12.2 Å². The second kappa shape index (κ2) is 9.76. The van der Waals surface area contributed by atoms with Gasteiger partial charge >= 0.3 is 5.97 Å². The third kappa shape index (κ3) is 6.17. The van der Waals surface area contributed by atoms with Gasteiger partial charge in [-0.15, -0.1) is 0 Å². The summed E-state index contributed by atoms with van der Waals surface area (Å²) in [6.45, 7) is 1.28. The third-order valence-corrected chi connectivity index (χ3v) is 3.67. The Labute approximate surface area is 152 Å².